The molecule has 11 heteroatoms. The molecule has 0 spiro atoms. The Morgan fingerprint density at radius 3 is 1.74 bits per heavy atom. The number of hydrogen-bond donors (Lipinski definition) is 1. The number of carbonyl (C=O) groups excluding carboxylic acids is 4. The summed E-state index contributed by atoms with van der Waals surface area (Å²) < 4.78 is 31.8. The number of carbonyl (C=O) groups is 4. The van der Waals surface area contributed by atoms with Crippen molar-refractivity contribution >= 4 is 33.6 Å². The van der Waals surface area contributed by atoms with Crippen molar-refractivity contribution in [3.63, 3.8) is 0 Å². The third-order valence-electron chi connectivity index (χ3n) is 2.38. The lowest BCUT2D eigenvalue weighted by Crippen LogP contribution is -2.56. The standard InChI is InChI=1S/C12H20N2O8S/c1-4-21-11(17)10(12(18)22-5-2)14(8(15)6-13)9(16)7-23(3,19)20/h10H,4-7,13H2,1-3H3. The minimum Gasteiger partial charge on any atom is -0.464 e. The third kappa shape index (κ3) is 6.74. The summed E-state index contributed by atoms with van der Waals surface area (Å²) in [6.07, 6.45) is 0.764. The van der Waals surface area contributed by atoms with E-state index in [1.54, 1.807) is 0 Å². The van der Waals surface area contributed by atoms with Gasteiger partial charge in [0, 0.05) is 6.26 Å². The van der Waals surface area contributed by atoms with Gasteiger partial charge in [-0.25, -0.2) is 18.0 Å². The lowest BCUT2D eigenvalue weighted by atomic mass is 10.2. The average molecular weight is 352 g/mol. The van der Waals surface area contributed by atoms with E-state index in [1.165, 1.54) is 13.8 Å². The molecule has 0 aromatic carbocycles. The van der Waals surface area contributed by atoms with Crippen LogP contribution in [-0.2, 0) is 38.5 Å². The smallest absolute Gasteiger partial charge is 0.341 e. The number of amides is 2. The first-order valence-corrected chi connectivity index (χ1v) is 8.71. The summed E-state index contributed by atoms with van der Waals surface area (Å²) in [5.74, 6) is -5.88. The Morgan fingerprint density at radius 1 is 1.00 bits per heavy atom. The number of sulfone groups is 1. The first kappa shape index (κ1) is 21.0. The number of rotatable bonds is 8. The lowest BCUT2D eigenvalue weighted by molar-refractivity contribution is -0.171. The molecular weight excluding hydrogens is 332 g/mol. The van der Waals surface area contributed by atoms with Crippen LogP contribution in [-0.4, -0.2) is 74.9 Å². The van der Waals surface area contributed by atoms with E-state index in [0.29, 0.717) is 0 Å². The SMILES string of the molecule is CCOC(=O)C(C(=O)OCC)N(C(=O)CN)C(=O)CS(C)(=O)=O. The van der Waals surface area contributed by atoms with E-state index in [4.69, 9.17) is 5.73 Å². The molecule has 0 aromatic heterocycles. The van der Waals surface area contributed by atoms with E-state index in [-0.39, 0.29) is 18.1 Å². The van der Waals surface area contributed by atoms with Crippen LogP contribution < -0.4 is 5.73 Å². The summed E-state index contributed by atoms with van der Waals surface area (Å²) in [6.45, 7) is 1.94. The van der Waals surface area contributed by atoms with Crippen molar-refractivity contribution in [1.29, 1.82) is 0 Å². The van der Waals surface area contributed by atoms with Crippen LogP contribution in [0.15, 0.2) is 0 Å². The second-order valence-corrected chi connectivity index (χ2v) is 6.48. The van der Waals surface area contributed by atoms with Gasteiger partial charge in [-0.1, -0.05) is 0 Å². The highest BCUT2D eigenvalue weighted by Crippen LogP contribution is 2.08. The van der Waals surface area contributed by atoms with E-state index < -0.39 is 51.9 Å². The van der Waals surface area contributed by atoms with Gasteiger partial charge in [-0.15, -0.1) is 0 Å². The summed E-state index contributed by atoms with van der Waals surface area (Å²) in [4.78, 5) is 48.0. The van der Waals surface area contributed by atoms with Gasteiger partial charge in [0.05, 0.1) is 19.8 Å². The van der Waals surface area contributed by atoms with Gasteiger partial charge in [0.15, 0.2) is 9.84 Å². The Kier molecular flexibility index (Phi) is 8.40. The van der Waals surface area contributed by atoms with E-state index in [1.807, 2.05) is 0 Å². The Bertz CT molecular complexity index is 554. The van der Waals surface area contributed by atoms with Gasteiger partial charge in [0.25, 0.3) is 0 Å². The van der Waals surface area contributed by atoms with Gasteiger partial charge in [-0.2, -0.15) is 0 Å². The van der Waals surface area contributed by atoms with Crippen molar-refractivity contribution in [1.82, 2.24) is 4.90 Å². The van der Waals surface area contributed by atoms with Crippen LogP contribution in [0, 0.1) is 0 Å². The van der Waals surface area contributed by atoms with Crippen LogP contribution in [0.25, 0.3) is 0 Å². The molecular formula is C12H20N2O8S. The lowest BCUT2D eigenvalue weighted by Gasteiger charge is -2.26. The zero-order valence-corrected chi connectivity index (χ0v) is 13.9. The molecule has 0 aliphatic heterocycles. The van der Waals surface area contributed by atoms with Crippen LogP contribution in [0.3, 0.4) is 0 Å². The second kappa shape index (κ2) is 9.20. The maximum atomic E-state index is 12.1. The first-order chi connectivity index (χ1) is 10.6. The fourth-order valence-electron chi connectivity index (χ4n) is 1.57. The largest absolute Gasteiger partial charge is 0.464 e. The minimum atomic E-state index is -3.81. The van der Waals surface area contributed by atoms with Crippen molar-refractivity contribution in [3.05, 3.63) is 0 Å². The minimum absolute atomic E-state index is 0.125. The van der Waals surface area contributed by atoms with Gasteiger partial charge >= 0.3 is 11.9 Å². The number of nitrogens with zero attached hydrogens (tertiary/aromatic N) is 1. The molecule has 0 aliphatic rings. The quantitative estimate of drug-likeness (QED) is 0.380. The van der Waals surface area contributed by atoms with Crippen LogP contribution in [0.1, 0.15) is 13.8 Å². The topological polar surface area (TPSA) is 150 Å². The highest BCUT2D eigenvalue weighted by molar-refractivity contribution is 7.91. The highest BCUT2D eigenvalue weighted by Gasteiger charge is 2.42. The monoisotopic (exact) mass is 352 g/mol. The number of hydrogen-bond acceptors (Lipinski definition) is 9. The van der Waals surface area contributed by atoms with Gasteiger partial charge < -0.3 is 15.2 Å². The predicted octanol–water partition coefficient (Wildman–Crippen LogP) is -2.16. The fourth-order valence-corrected chi connectivity index (χ4v) is 2.16. The van der Waals surface area contributed by atoms with Gasteiger partial charge in [-0.3, -0.25) is 14.5 Å². The van der Waals surface area contributed by atoms with Gasteiger partial charge in [0.1, 0.15) is 5.75 Å². The van der Waals surface area contributed by atoms with Gasteiger partial charge in [-0.05, 0) is 13.8 Å². The fraction of sp³-hybridized carbons (Fsp3) is 0.667. The van der Waals surface area contributed by atoms with Crippen LogP contribution >= 0.6 is 0 Å². The molecule has 0 radical (unpaired) electrons. The molecule has 0 atom stereocenters. The summed E-state index contributed by atoms with van der Waals surface area (Å²) in [7, 11) is -3.81. The van der Waals surface area contributed by atoms with Crippen molar-refractivity contribution in [2.75, 3.05) is 31.8 Å². The molecule has 0 fully saturated rings. The number of imide groups is 1. The summed E-state index contributed by atoms with van der Waals surface area (Å²) >= 11 is 0. The Morgan fingerprint density at radius 2 is 1.43 bits per heavy atom. The number of nitrogens with two attached hydrogens (primary N) is 1. The summed E-state index contributed by atoms with van der Waals surface area (Å²) in [5, 5.41) is 0. The van der Waals surface area contributed by atoms with Crippen LogP contribution in [0.5, 0.6) is 0 Å². The highest BCUT2D eigenvalue weighted by atomic mass is 32.2. The maximum Gasteiger partial charge on any atom is 0.341 e. The number of esters is 2. The Balaban J connectivity index is 5.81. The predicted molar refractivity (Wildman–Crippen MR) is 77.7 cm³/mol. The number of ether oxygens (including phenoxy) is 2. The second-order valence-electron chi connectivity index (χ2n) is 4.34. The molecule has 10 nitrogen and oxygen atoms in total. The molecule has 2 amide bonds. The zero-order chi connectivity index (χ0) is 18.2. The summed E-state index contributed by atoms with van der Waals surface area (Å²) in [5.41, 5.74) is 5.16. The molecule has 0 saturated carbocycles. The van der Waals surface area contributed by atoms with E-state index >= 15 is 0 Å². The molecule has 23 heavy (non-hydrogen) atoms. The molecule has 0 bridgehead atoms. The summed E-state index contributed by atoms with van der Waals surface area (Å²) in [6, 6.07) is -2.04. The van der Waals surface area contributed by atoms with Crippen molar-refractivity contribution in [2.24, 2.45) is 5.73 Å². The molecule has 2 N–H and O–H groups in total. The third-order valence-corrected chi connectivity index (χ3v) is 3.15. The van der Waals surface area contributed by atoms with Gasteiger partial charge in [0.2, 0.25) is 17.9 Å². The molecule has 0 aromatic rings. The molecule has 0 saturated heterocycles. The van der Waals surface area contributed by atoms with Crippen LogP contribution in [0.4, 0.5) is 0 Å². The van der Waals surface area contributed by atoms with Crippen molar-refractivity contribution in [3.8, 4) is 0 Å². The molecule has 0 heterocycles. The zero-order valence-electron chi connectivity index (χ0n) is 13.1. The van der Waals surface area contributed by atoms with Crippen molar-refractivity contribution < 1.29 is 37.1 Å². The van der Waals surface area contributed by atoms with E-state index in [2.05, 4.69) is 9.47 Å². The maximum absolute atomic E-state index is 12.1. The first-order valence-electron chi connectivity index (χ1n) is 6.64. The average Bonchev–Trinajstić information content (AvgIpc) is 2.41. The van der Waals surface area contributed by atoms with Crippen LogP contribution in [0.2, 0.25) is 0 Å². The molecule has 0 rings (SSSR count). The molecule has 132 valence electrons. The Labute approximate surface area is 133 Å². The van der Waals surface area contributed by atoms with E-state index in [0.717, 1.165) is 6.26 Å². The molecule has 0 unspecified atom stereocenters. The van der Waals surface area contributed by atoms with Crippen molar-refractivity contribution in [2.45, 2.75) is 19.9 Å². The van der Waals surface area contributed by atoms with E-state index in [9.17, 15) is 27.6 Å². The molecule has 0 aliphatic carbocycles. The Hall–Kier alpha value is -2.01. The normalized spacial score (nSPS) is 11.0.